The molecule has 5 rings (SSSR count). The van der Waals surface area contributed by atoms with Gasteiger partial charge >= 0.3 is 0 Å². The van der Waals surface area contributed by atoms with Crippen LogP contribution < -0.4 is 5.43 Å². The molecule has 0 fully saturated rings. The van der Waals surface area contributed by atoms with Crippen LogP contribution in [0.25, 0.3) is 11.0 Å². The van der Waals surface area contributed by atoms with Crippen LogP contribution in [0.15, 0.2) is 82.0 Å². The topological polar surface area (TPSA) is 93.7 Å². The number of carbonyl (C=O) groups excluding carboxylic acids is 1. The highest BCUT2D eigenvalue weighted by atomic mass is 35.5. The first-order valence-corrected chi connectivity index (χ1v) is 10.7. The fourth-order valence-corrected chi connectivity index (χ4v) is 4.41. The predicted octanol–water partition coefficient (Wildman–Crippen LogP) is 5.14. The number of rotatable bonds is 5. The minimum atomic E-state index is -0.725. The minimum Gasteiger partial charge on any atom is -0.450 e. The number of nitrogens with zero attached hydrogens (tertiary/aromatic N) is 2. The molecule has 1 amide bonds. The fourth-order valence-electron chi connectivity index (χ4n) is 4.24. The SMILES string of the molecule is O=C1c2oc3ccc(Cl)cc3c(=O)c2[C@@H](c2ccc([N+](=O)[O-])cc2)N1CCc1ccccc1. The van der Waals surface area contributed by atoms with Crippen molar-refractivity contribution in [2.24, 2.45) is 0 Å². The molecule has 164 valence electrons. The van der Waals surface area contributed by atoms with Gasteiger partial charge in [-0.2, -0.15) is 0 Å². The number of fused-ring (bicyclic) bond motifs is 2. The van der Waals surface area contributed by atoms with Crippen LogP contribution in [0.1, 0.15) is 33.3 Å². The van der Waals surface area contributed by atoms with Gasteiger partial charge in [-0.25, -0.2) is 0 Å². The van der Waals surface area contributed by atoms with E-state index >= 15 is 0 Å². The van der Waals surface area contributed by atoms with E-state index in [1.165, 1.54) is 18.2 Å². The van der Waals surface area contributed by atoms with Gasteiger partial charge in [-0.05, 0) is 47.9 Å². The first-order chi connectivity index (χ1) is 15.9. The second-order valence-electron chi connectivity index (χ2n) is 7.80. The number of hydrogen-bond acceptors (Lipinski definition) is 5. The van der Waals surface area contributed by atoms with Gasteiger partial charge in [-0.15, -0.1) is 0 Å². The van der Waals surface area contributed by atoms with Crippen molar-refractivity contribution in [1.29, 1.82) is 0 Å². The Hall–Kier alpha value is -3.97. The van der Waals surface area contributed by atoms with E-state index in [0.717, 1.165) is 5.56 Å². The largest absolute Gasteiger partial charge is 0.450 e. The van der Waals surface area contributed by atoms with Crippen LogP contribution in [0.3, 0.4) is 0 Å². The molecule has 0 aliphatic carbocycles. The lowest BCUT2D eigenvalue weighted by molar-refractivity contribution is -0.384. The number of non-ortho nitro benzene ring substituents is 1. The highest BCUT2D eigenvalue weighted by Gasteiger charge is 2.42. The Morgan fingerprint density at radius 3 is 2.42 bits per heavy atom. The molecule has 1 aromatic heterocycles. The number of nitro groups is 1. The molecule has 0 saturated carbocycles. The van der Waals surface area contributed by atoms with Gasteiger partial charge in [-0.1, -0.05) is 41.9 Å². The minimum absolute atomic E-state index is 0.00811. The smallest absolute Gasteiger partial charge is 0.290 e. The Labute approximate surface area is 193 Å². The number of benzene rings is 3. The van der Waals surface area contributed by atoms with Crippen molar-refractivity contribution in [3.63, 3.8) is 0 Å². The molecule has 1 atom stereocenters. The number of hydrogen-bond donors (Lipinski definition) is 0. The zero-order valence-electron chi connectivity index (χ0n) is 17.2. The van der Waals surface area contributed by atoms with E-state index in [2.05, 4.69) is 0 Å². The van der Waals surface area contributed by atoms with Crippen LogP contribution in [0.5, 0.6) is 0 Å². The summed E-state index contributed by atoms with van der Waals surface area (Å²) in [6.07, 6.45) is 0.573. The van der Waals surface area contributed by atoms with Gasteiger partial charge < -0.3 is 9.32 Å². The summed E-state index contributed by atoms with van der Waals surface area (Å²) in [6, 6.07) is 19.5. The Balaban J connectivity index is 1.65. The molecule has 33 heavy (non-hydrogen) atoms. The fraction of sp³-hybridized carbons (Fsp3) is 0.120. The lowest BCUT2D eigenvalue weighted by Gasteiger charge is -2.25. The maximum Gasteiger partial charge on any atom is 0.290 e. The third kappa shape index (κ3) is 3.66. The van der Waals surface area contributed by atoms with E-state index < -0.39 is 16.9 Å². The van der Waals surface area contributed by atoms with Gasteiger partial charge in [0.25, 0.3) is 11.6 Å². The van der Waals surface area contributed by atoms with Crippen molar-refractivity contribution in [3.05, 3.63) is 121 Å². The average molecular weight is 461 g/mol. The van der Waals surface area contributed by atoms with E-state index in [9.17, 15) is 19.7 Å². The lowest BCUT2D eigenvalue weighted by atomic mass is 9.98. The summed E-state index contributed by atoms with van der Waals surface area (Å²) in [6.45, 7) is 0.339. The summed E-state index contributed by atoms with van der Waals surface area (Å²) in [5.74, 6) is -0.399. The quantitative estimate of drug-likeness (QED) is 0.303. The van der Waals surface area contributed by atoms with Crippen LogP contribution in [-0.4, -0.2) is 22.3 Å². The second-order valence-corrected chi connectivity index (χ2v) is 8.24. The molecule has 1 aliphatic heterocycles. The molecule has 8 heteroatoms. The van der Waals surface area contributed by atoms with Crippen molar-refractivity contribution in [1.82, 2.24) is 4.90 Å². The van der Waals surface area contributed by atoms with Crippen LogP contribution in [0.4, 0.5) is 5.69 Å². The Bertz CT molecular complexity index is 1450. The summed E-state index contributed by atoms with van der Waals surface area (Å²) in [4.78, 5) is 39.1. The highest BCUT2D eigenvalue weighted by molar-refractivity contribution is 6.31. The summed E-state index contributed by atoms with van der Waals surface area (Å²) in [5, 5.41) is 11.8. The molecule has 2 heterocycles. The first kappa shape index (κ1) is 20.9. The van der Waals surface area contributed by atoms with E-state index in [0.29, 0.717) is 23.6 Å². The zero-order chi connectivity index (χ0) is 23.1. The van der Waals surface area contributed by atoms with Crippen molar-refractivity contribution >= 4 is 34.2 Å². The monoisotopic (exact) mass is 460 g/mol. The van der Waals surface area contributed by atoms with Crippen molar-refractivity contribution in [2.75, 3.05) is 6.54 Å². The van der Waals surface area contributed by atoms with Gasteiger partial charge in [0.05, 0.1) is 21.9 Å². The summed E-state index contributed by atoms with van der Waals surface area (Å²) in [5.41, 5.74) is 1.72. The zero-order valence-corrected chi connectivity index (χ0v) is 18.0. The standard InChI is InChI=1S/C25H17ClN2O5/c26-17-8-11-20-19(14-17)23(29)21-22(16-6-9-18(10-7-16)28(31)32)27(25(30)24(21)33-20)13-12-15-4-2-1-3-5-15/h1-11,14,22H,12-13H2/t22-/m1/s1. The molecule has 0 saturated heterocycles. The molecule has 1 aliphatic rings. The van der Waals surface area contributed by atoms with E-state index in [1.807, 2.05) is 30.3 Å². The maximum atomic E-state index is 13.5. The molecule has 3 aromatic carbocycles. The highest BCUT2D eigenvalue weighted by Crippen LogP contribution is 2.38. The van der Waals surface area contributed by atoms with Gasteiger partial charge in [0.15, 0.2) is 5.43 Å². The molecule has 0 spiro atoms. The normalized spacial score (nSPS) is 15.1. The Morgan fingerprint density at radius 1 is 1.00 bits per heavy atom. The predicted molar refractivity (Wildman–Crippen MR) is 124 cm³/mol. The summed E-state index contributed by atoms with van der Waals surface area (Å²) in [7, 11) is 0. The molecule has 0 radical (unpaired) electrons. The van der Waals surface area contributed by atoms with E-state index in [-0.39, 0.29) is 33.4 Å². The number of nitro benzene ring substituents is 1. The van der Waals surface area contributed by atoms with Crippen LogP contribution in [0.2, 0.25) is 5.02 Å². The molecule has 0 bridgehead atoms. The maximum absolute atomic E-state index is 13.5. The van der Waals surface area contributed by atoms with Gasteiger partial charge in [0.1, 0.15) is 5.58 Å². The van der Waals surface area contributed by atoms with E-state index in [1.54, 1.807) is 29.2 Å². The lowest BCUT2D eigenvalue weighted by Crippen LogP contribution is -2.31. The second kappa shape index (κ2) is 8.18. The van der Waals surface area contributed by atoms with Crippen molar-refractivity contribution in [2.45, 2.75) is 12.5 Å². The Kier molecular flexibility index (Phi) is 5.18. The molecule has 7 nitrogen and oxygen atoms in total. The first-order valence-electron chi connectivity index (χ1n) is 10.3. The third-order valence-electron chi connectivity index (χ3n) is 5.83. The van der Waals surface area contributed by atoms with Gasteiger partial charge in [0.2, 0.25) is 5.76 Å². The molecule has 0 unspecified atom stereocenters. The molecule has 0 N–H and O–H groups in total. The summed E-state index contributed by atoms with van der Waals surface area (Å²) < 4.78 is 5.89. The van der Waals surface area contributed by atoms with Crippen LogP contribution in [0, 0.1) is 10.1 Å². The van der Waals surface area contributed by atoms with Crippen LogP contribution in [-0.2, 0) is 6.42 Å². The van der Waals surface area contributed by atoms with Crippen LogP contribution >= 0.6 is 11.6 Å². The number of amides is 1. The summed E-state index contributed by atoms with van der Waals surface area (Å²) >= 11 is 6.10. The third-order valence-corrected chi connectivity index (χ3v) is 6.07. The molecular formula is C25H17ClN2O5. The number of halogens is 1. The number of carbonyl (C=O) groups is 1. The molecular weight excluding hydrogens is 444 g/mol. The van der Waals surface area contributed by atoms with Crippen molar-refractivity contribution < 1.29 is 14.1 Å². The van der Waals surface area contributed by atoms with Gasteiger partial charge in [-0.3, -0.25) is 19.7 Å². The molecule has 4 aromatic rings. The van der Waals surface area contributed by atoms with Crippen molar-refractivity contribution in [3.8, 4) is 0 Å². The average Bonchev–Trinajstić information content (AvgIpc) is 3.10. The van der Waals surface area contributed by atoms with Gasteiger partial charge in [0, 0.05) is 23.7 Å². The van der Waals surface area contributed by atoms with E-state index in [4.69, 9.17) is 16.0 Å². The Morgan fingerprint density at radius 2 is 1.73 bits per heavy atom.